The summed E-state index contributed by atoms with van der Waals surface area (Å²) >= 11 is 0. The van der Waals surface area contributed by atoms with Crippen LogP contribution in [0.5, 0.6) is 0 Å². The molecule has 0 aliphatic carbocycles. The molecule has 1 aliphatic rings. The predicted molar refractivity (Wildman–Crippen MR) is 118 cm³/mol. The van der Waals surface area contributed by atoms with Crippen LogP contribution < -0.4 is 5.32 Å². The summed E-state index contributed by atoms with van der Waals surface area (Å²) in [6.45, 7) is 1.74. The molecule has 33 heavy (non-hydrogen) atoms. The van der Waals surface area contributed by atoms with Crippen molar-refractivity contribution >= 4 is 38.1 Å². The van der Waals surface area contributed by atoms with E-state index in [1.807, 2.05) is 13.8 Å². The summed E-state index contributed by atoms with van der Waals surface area (Å²) in [6.07, 6.45) is -0.0457. The molecule has 1 aromatic carbocycles. The molecular weight excluding hydrogens is 476 g/mol. The number of sulfonamides is 1. The van der Waals surface area contributed by atoms with Gasteiger partial charge < -0.3 is 10.1 Å². The van der Waals surface area contributed by atoms with Crippen molar-refractivity contribution in [2.75, 3.05) is 26.5 Å². The Kier molecular flexibility index (Phi) is 8.43. The van der Waals surface area contributed by atoms with Gasteiger partial charge in [0.1, 0.15) is 25.9 Å². The van der Waals surface area contributed by atoms with E-state index in [1.165, 1.54) is 7.05 Å². The number of hydrogen-bond donors (Lipinski definition) is 1. The van der Waals surface area contributed by atoms with E-state index < -0.39 is 57.4 Å². The van der Waals surface area contributed by atoms with E-state index in [9.17, 15) is 31.2 Å². The van der Waals surface area contributed by atoms with Crippen LogP contribution in [0.1, 0.15) is 25.8 Å². The minimum atomic E-state index is -4.32. The fraction of sp³-hybridized carbons (Fsp3) is 0.526. The lowest BCUT2D eigenvalue weighted by Crippen LogP contribution is -2.50. The molecule has 0 spiro atoms. The number of ether oxygens (including phenoxy) is 1. The maximum absolute atomic E-state index is 12.7. The Balaban J connectivity index is 2.07. The summed E-state index contributed by atoms with van der Waals surface area (Å²) in [5.41, 5.74) is 0.703. The second-order valence-corrected chi connectivity index (χ2v) is 11.7. The van der Waals surface area contributed by atoms with Crippen LogP contribution in [0, 0.1) is 5.92 Å². The molecule has 0 bridgehead atoms. The van der Waals surface area contributed by atoms with Crippen LogP contribution in [-0.2, 0) is 41.2 Å². The third-order valence-electron chi connectivity index (χ3n) is 4.84. The molecule has 3 amide bonds. The first kappa shape index (κ1) is 26.5. The van der Waals surface area contributed by atoms with Crippen LogP contribution in [0.4, 0.5) is 4.79 Å². The molecule has 0 radical (unpaired) electrons. The Hall–Kier alpha value is -2.71. The van der Waals surface area contributed by atoms with E-state index >= 15 is 0 Å². The van der Waals surface area contributed by atoms with Crippen molar-refractivity contribution in [3.8, 4) is 0 Å². The lowest BCUT2D eigenvalue weighted by atomic mass is 10.0. The molecule has 1 aliphatic heterocycles. The average molecular weight is 505 g/mol. The van der Waals surface area contributed by atoms with E-state index in [0.29, 0.717) is 16.1 Å². The first-order chi connectivity index (χ1) is 15.2. The number of likely N-dealkylation sites (N-methyl/N-ethyl adjacent to an activating group) is 1. The maximum Gasteiger partial charge on any atom is 0.407 e. The lowest BCUT2D eigenvalue weighted by molar-refractivity contribution is -0.131. The second-order valence-electron chi connectivity index (χ2n) is 7.92. The molecule has 12 nitrogen and oxygen atoms in total. The number of amides is 3. The van der Waals surface area contributed by atoms with Gasteiger partial charge in [-0.2, -0.15) is 12.7 Å². The molecule has 1 unspecified atom stereocenters. The van der Waals surface area contributed by atoms with Crippen LogP contribution >= 0.6 is 0 Å². The zero-order chi connectivity index (χ0) is 25.0. The Morgan fingerprint density at radius 2 is 1.82 bits per heavy atom. The number of carbonyl (C=O) groups is 3. The highest BCUT2D eigenvalue weighted by molar-refractivity contribution is 7.89. The van der Waals surface area contributed by atoms with Gasteiger partial charge in [-0.15, -0.1) is 0 Å². The van der Waals surface area contributed by atoms with Gasteiger partial charge in [-0.3, -0.25) is 9.59 Å². The topological polar surface area (TPSA) is 150 Å². The van der Waals surface area contributed by atoms with Gasteiger partial charge in [-0.1, -0.05) is 44.2 Å². The molecule has 14 heteroatoms. The van der Waals surface area contributed by atoms with Gasteiger partial charge in [0.25, 0.3) is 11.8 Å². The summed E-state index contributed by atoms with van der Waals surface area (Å²) in [5.74, 6) is -1.97. The van der Waals surface area contributed by atoms with Crippen molar-refractivity contribution in [1.29, 1.82) is 0 Å². The molecule has 1 heterocycles. The largest absolute Gasteiger partial charge is 0.445 e. The molecule has 2 rings (SSSR count). The minimum Gasteiger partial charge on any atom is -0.445 e. The smallest absolute Gasteiger partial charge is 0.407 e. The van der Waals surface area contributed by atoms with E-state index in [0.717, 1.165) is 4.31 Å². The Labute approximate surface area is 193 Å². The maximum atomic E-state index is 12.7. The predicted octanol–water partition coefficient (Wildman–Crippen LogP) is 0.0920. The van der Waals surface area contributed by atoms with E-state index in [4.69, 9.17) is 4.74 Å². The van der Waals surface area contributed by atoms with E-state index in [1.54, 1.807) is 30.3 Å². The van der Waals surface area contributed by atoms with Gasteiger partial charge in [-0.05, 0) is 17.9 Å². The Bertz CT molecular complexity index is 1090. The van der Waals surface area contributed by atoms with Gasteiger partial charge >= 0.3 is 16.3 Å². The number of benzene rings is 1. The number of rotatable bonds is 9. The standard InChI is InChI=1S/C19H28N4O8S2/c1-14(2)10-16-18(25)23(33(29,30)21(16)3)13-22(32(4,27)28)17(24)11-20-19(26)31-12-15-8-6-5-7-9-15/h5-9,14,16H,10-13H2,1-4H3,(H,20,26). The molecular formula is C19H28N4O8S2. The molecule has 1 N–H and O–H groups in total. The van der Waals surface area contributed by atoms with Crippen LogP contribution in [-0.4, -0.2) is 80.2 Å². The summed E-state index contributed by atoms with van der Waals surface area (Å²) in [5, 5.41) is 2.13. The quantitative estimate of drug-likeness (QED) is 0.497. The van der Waals surface area contributed by atoms with Crippen molar-refractivity contribution in [3.05, 3.63) is 35.9 Å². The molecule has 184 valence electrons. The van der Waals surface area contributed by atoms with Gasteiger partial charge in [0.15, 0.2) is 0 Å². The second kappa shape index (κ2) is 10.5. The SMILES string of the molecule is CC(C)CC1C(=O)N(CN(C(=O)CNC(=O)OCc2ccccc2)S(C)(=O)=O)S(=O)(=O)N1C. The first-order valence-corrected chi connectivity index (χ1v) is 13.2. The zero-order valence-electron chi connectivity index (χ0n) is 18.8. The normalized spacial score (nSPS) is 18.4. The fourth-order valence-electron chi connectivity index (χ4n) is 3.09. The number of nitrogens with one attached hydrogen (secondary N) is 1. The van der Waals surface area contributed by atoms with Crippen LogP contribution in [0.3, 0.4) is 0 Å². The Morgan fingerprint density at radius 1 is 1.21 bits per heavy atom. The van der Waals surface area contributed by atoms with Crippen molar-refractivity contribution < 1.29 is 36.0 Å². The molecule has 1 saturated heterocycles. The van der Waals surface area contributed by atoms with E-state index in [2.05, 4.69) is 5.32 Å². The number of hydrogen-bond acceptors (Lipinski definition) is 8. The highest BCUT2D eigenvalue weighted by Gasteiger charge is 2.49. The zero-order valence-corrected chi connectivity index (χ0v) is 20.4. The molecule has 1 atom stereocenters. The summed E-state index contributed by atoms with van der Waals surface area (Å²) in [7, 11) is -7.37. The monoisotopic (exact) mass is 504 g/mol. The number of carbonyl (C=O) groups excluding carboxylic acids is 3. The third kappa shape index (κ3) is 6.65. The van der Waals surface area contributed by atoms with Crippen LogP contribution in [0.15, 0.2) is 30.3 Å². The van der Waals surface area contributed by atoms with Gasteiger partial charge in [0.2, 0.25) is 10.0 Å². The van der Waals surface area contributed by atoms with Gasteiger partial charge in [0, 0.05) is 7.05 Å². The van der Waals surface area contributed by atoms with Crippen LogP contribution in [0.25, 0.3) is 0 Å². The highest BCUT2D eigenvalue weighted by atomic mass is 32.2. The summed E-state index contributed by atoms with van der Waals surface area (Å²) < 4.78 is 56.1. The third-order valence-corrected chi connectivity index (χ3v) is 7.79. The Morgan fingerprint density at radius 3 is 2.36 bits per heavy atom. The number of alkyl carbamates (subject to hydrolysis) is 1. The van der Waals surface area contributed by atoms with Gasteiger partial charge in [0.05, 0.1) is 6.26 Å². The van der Waals surface area contributed by atoms with Crippen molar-refractivity contribution in [3.63, 3.8) is 0 Å². The average Bonchev–Trinajstić information content (AvgIpc) is 2.87. The fourth-order valence-corrected chi connectivity index (χ4v) is 5.34. The van der Waals surface area contributed by atoms with Gasteiger partial charge in [-0.25, -0.2) is 21.8 Å². The molecule has 0 saturated carbocycles. The highest BCUT2D eigenvalue weighted by Crippen LogP contribution is 2.27. The molecule has 1 fully saturated rings. The molecule has 1 aromatic rings. The van der Waals surface area contributed by atoms with E-state index in [-0.39, 0.29) is 23.3 Å². The van der Waals surface area contributed by atoms with Crippen molar-refractivity contribution in [1.82, 2.24) is 18.2 Å². The molecule has 0 aromatic heterocycles. The number of nitrogens with zero attached hydrogens (tertiary/aromatic N) is 3. The van der Waals surface area contributed by atoms with Crippen molar-refractivity contribution in [2.45, 2.75) is 32.9 Å². The lowest BCUT2D eigenvalue weighted by Gasteiger charge is -2.25. The van der Waals surface area contributed by atoms with Crippen LogP contribution in [0.2, 0.25) is 0 Å². The van der Waals surface area contributed by atoms with Crippen molar-refractivity contribution in [2.24, 2.45) is 5.92 Å². The first-order valence-electron chi connectivity index (χ1n) is 9.99. The summed E-state index contributed by atoms with van der Waals surface area (Å²) in [4.78, 5) is 37.1. The minimum absolute atomic E-state index is 0.00436. The summed E-state index contributed by atoms with van der Waals surface area (Å²) in [6, 6.07) is 7.73.